The number of carboxylic acids is 1. The molecule has 9 nitrogen and oxygen atoms in total. The summed E-state index contributed by atoms with van der Waals surface area (Å²) in [7, 11) is 0. The largest absolute Gasteiger partial charge is 0.480 e. The maximum atomic E-state index is 13.4. The topological polar surface area (TPSA) is 139 Å². The van der Waals surface area contributed by atoms with Crippen molar-refractivity contribution in [2.75, 3.05) is 5.32 Å². The maximum Gasteiger partial charge on any atom is 0.326 e. The summed E-state index contributed by atoms with van der Waals surface area (Å²) >= 11 is 0. The number of carboxylic acid groups (broad SMARTS) is 1. The molecule has 1 aliphatic carbocycles. The van der Waals surface area contributed by atoms with Crippen LogP contribution in [-0.2, 0) is 22.4 Å². The fraction of sp³-hybridized carbons (Fsp3) is 0.323. The predicted molar refractivity (Wildman–Crippen MR) is 151 cm³/mol. The number of amides is 2. The van der Waals surface area contributed by atoms with Crippen molar-refractivity contribution in [3.8, 4) is 0 Å². The molecule has 2 amide bonds. The smallest absolute Gasteiger partial charge is 0.326 e. The maximum absolute atomic E-state index is 13.4. The van der Waals surface area contributed by atoms with E-state index in [1.165, 1.54) is 18.2 Å². The van der Waals surface area contributed by atoms with Gasteiger partial charge in [-0.05, 0) is 61.4 Å². The van der Waals surface area contributed by atoms with E-state index in [1.807, 2.05) is 30.3 Å². The van der Waals surface area contributed by atoms with Crippen molar-refractivity contribution < 1.29 is 24.4 Å². The van der Waals surface area contributed by atoms with Gasteiger partial charge in [-0.3, -0.25) is 19.7 Å². The second-order valence-electron chi connectivity index (χ2n) is 10.4. The Morgan fingerprint density at radius 1 is 0.975 bits per heavy atom. The van der Waals surface area contributed by atoms with Crippen LogP contribution in [0.2, 0.25) is 0 Å². The fourth-order valence-electron chi connectivity index (χ4n) is 5.31. The molecular formula is C31H33N3O6. The molecule has 0 aromatic heterocycles. The zero-order valence-corrected chi connectivity index (χ0v) is 22.4. The van der Waals surface area contributed by atoms with Crippen molar-refractivity contribution in [3.63, 3.8) is 0 Å². The molecule has 1 saturated carbocycles. The summed E-state index contributed by atoms with van der Waals surface area (Å²) in [6, 6.07) is 19.7. The Kier molecular flexibility index (Phi) is 8.93. The lowest BCUT2D eigenvalue weighted by Gasteiger charge is -2.29. The number of hydrogen-bond acceptors (Lipinski definition) is 5. The van der Waals surface area contributed by atoms with Gasteiger partial charge in [0.15, 0.2) is 0 Å². The minimum atomic E-state index is -1.11. The van der Waals surface area contributed by atoms with Crippen LogP contribution in [0.4, 0.5) is 11.4 Å². The summed E-state index contributed by atoms with van der Waals surface area (Å²) in [6.45, 7) is 1.69. The highest BCUT2D eigenvalue weighted by Gasteiger charge is 2.42. The zero-order chi connectivity index (χ0) is 28.7. The standard InChI is InChI=1S/C31H33N3O6/c1-21-9-14-25(34(39)40)20-26(21)28(35)32-24-12-10-23(11-13-24)19-27(29(36)37)33-30(38)31(16-5-6-17-31)18-15-22-7-3-2-4-8-22/h2-4,7-14,20,27H,5-6,15-19H2,1H3,(H,32,35)(H,33,38)(H,36,37)/t27-/m0/s1. The average Bonchev–Trinajstić information content (AvgIpc) is 3.43. The van der Waals surface area contributed by atoms with Gasteiger partial charge < -0.3 is 15.7 Å². The lowest BCUT2D eigenvalue weighted by Crippen LogP contribution is -2.48. The monoisotopic (exact) mass is 543 g/mol. The molecule has 1 aliphatic rings. The van der Waals surface area contributed by atoms with Gasteiger partial charge >= 0.3 is 5.97 Å². The molecular weight excluding hydrogens is 510 g/mol. The number of carbonyl (C=O) groups is 3. The van der Waals surface area contributed by atoms with Crippen molar-refractivity contribution in [3.05, 3.63) is 105 Å². The number of nitrogens with one attached hydrogen (secondary N) is 2. The zero-order valence-electron chi connectivity index (χ0n) is 22.4. The number of aliphatic carboxylic acids is 1. The van der Waals surface area contributed by atoms with Gasteiger partial charge in [-0.2, -0.15) is 0 Å². The third-order valence-electron chi connectivity index (χ3n) is 7.71. The number of rotatable bonds is 11. The summed E-state index contributed by atoms with van der Waals surface area (Å²) in [4.78, 5) is 48.8. The quantitative estimate of drug-likeness (QED) is 0.217. The molecule has 208 valence electrons. The Morgan fingerprint density at radius 2 is 1.65 bits per heavy atom. The van der Waals surface area contributed by atoms with Crippen LogP contribution >= 0.6 is 0 Å². The molecule has 4 rings (SSSR count). The van der Waals surface area contributed by atoms with E-state index in [2.05, 4.69) is 10.6 Å². The Labute approximate surface area is 232 Å². The molecule has 1 atom stereocenters. The number of aryl methyl sites for hydroxylation is 2. The highest BCUT2D eigenvalue weighted by molar-refractivity contribution is 6.05. The molecule has 0 saturated heterocycles. The Hall–Kier alpha value is -4.53. The van der Waals surface area contributed by atoms with Gasteiger partial charge in [0.2, 0.25) is 5.91 Å². The van der Waals surface area contributed by atoms with Gasteiger partial charge in [-0.1, -0.05) is 61.4 Å². The van der Waals surface area contributed by atoms with E-state index < -0.39 is 28.3 Å². The van der Waals surface area contributed by atoms with E-state index in [1.54, 1.807) is 31.2 Å². The first-order valence-corrected chi connectivity index (χ1v) is 13.4. The molecule has 40 heavy (non-hydrogen) atoms. The van der Waals surface area contributed by atoms with Crippen molar-refractivity contribution in [2.45, 2.75) is 57.9 Å². The molecule has 0 radical (unpaired) electrons. The SMILES string of the molecule is Cc1ccc([N+](=O)[O-])cc1C(=O)Nc1ccc(C[C@H](NC(=O)C2(CCc3ccccc3)CCCC2)C(=O)O)cc1. The Bertz CT molecular complexity index is 1380. The van der Waals surface area contributed by atoms with Gasteiger partial charge in [0, 0.05) is 35.2 Å². The van der Waals surface area contributed by atoms with Crippen LogP contribution in [0, 0.1) is 22.5 Å². The van der Waals surface area contributed by atoms with Crippen molar-refractivity contribution >= 4 is 29.2 Å². The van der Waals surface area contributed by atoms with Crippen LogP contribution in [0.15, 0.2) is 72.8 Å². The molecule has 0 spiro atoms. The lowest BCUT2D eigenvalue weighted by molar-refractivity contribution is -0.384. The van der Waals surface area contributed by atoms with E-state index in [9.17, 15) is 29.6 Å². The molecule has 3 aromatic carbocycles. The predicted octanol–water partition coefficient (Wildman–Crippen LogP) is 5.46. The van der Waals surface area contributed by atoms with Crippen molar-refractivity contribution in [1.29, 1.82) is 0 Å². The third-order valence-corrected chi connectivity index (χ3v) is 7.71. The van der Waals surface area contributed by atoms with E-state index in [0.29, 0.717) is 23.2 Å². The first kappa shape index (κ1) is 28.5. The first-order chi connectivity index (χ1) is 19.2. The fourth-order valence-corrected chi connectivity index (χ4v) is 5.31. The van der Waals surface area contributed by atoms with Crippen LogP contribution in [0.1, 0.15) is 59.2 Å². The second kappa shape index (κ2) is 12.5. The molecule has 0 aliphatic heterocycles. The van der Waals surface area contributed by atoms with Gasteiger partial charge in [0.25, 0.3) is 11.6 Å². The van der Waals surface area contributed by atoms with Crippen molar-refractivity contribution in [2.24, 2.45) is 5.41 Å². The van der Waals surface area contributed by atoms with Crippen LogP contribution in [-0.4, -0.2) is 33.9 Å². The summed E-state index contributed by atoms with van der Waals surface area (Å²) in [6.07, 6.45) is 4.91. The molecule has 9 heteroatoms. The van der Waals surface area contributed by atoms with E-state index in [-0.39, 0.29) is 23.6 Å². The minimum Gasteiger partial charge on any atom is -0.480 e. The lowest BCUT2D eigenvalue weighted by atomic mass is 9.79. The number of nitrogens with zero attached hydrogens (tertiary/aromatic N) is 1. The molecule has 3 aromatic rings. The van der Waals surface area contributed by atoms with Crippen LogP contribution < -0.4 is 10.6 Å². The van der Waals surface area contributed by atoms with Gasteiger partial charge in [0.05, 0.1) is 4.92 Å². The van der Waals surface area contributed by atoms with Crippen molar-refractivity contribution in [1.82, 2.24) is 5.32 Å². The third kappa shape index (κ3) is 6.91. The van der Waals surface area contributed by atoms with E-state index in [0.717, 1.165) is 37.7 Å². The Morgan fingerprint density at radius 3 is 2.27 bits per heavy atom. The summed E-state index contributed by atoms with van der Waals surface area (Å²) < 4.78 is 0. The molecule has 0 heterocycles. The summed E-state index contributed by atoms with van der Waals surface area (Å²) in [5.41, 5.74) is 2.35. The molecule has 1 fully saturated rings. The average molecular weight is 544 g/mol. The first-order valence-electron chi connectivity index (χ1n) is 13.4. The number of nitro groups is 1. The van der Waals surface area contributed by atoms with Crippen LogP contribution in [0.5, 0.6) is 0 Å². The van der Waals surface area contributed by atoms with Gasteiger partial charge in [-0.25, -0.2) is 4.79 Å². The number of nitro benzene ring substituents is 1. The number of benzene rings is 3. The van der Waals surface area contributed by atoms with E-state index >= 15 is 0 Å². The van der Waals surface area contributed by atoms with Gasteiger partial charge in [0.1, 0.15) is 6.04 Å². The number of hydrogen-bond donors (Lipinski definition) is 3. The van der Waals surface area contributed by atoms with Crippen LogP contribution in [0.25, 0.3) is 0 Å². The number of non-ortho nitro benzene ring substituents is 1. The second-order valence-corrected chi connectivity index (χ2v) is 10.4. The summed E-state index contributed by atoms with van der Waals surface area (Å²) in [5, 5.41) is 26.5. The number of anilines is 1. The molecule has 0 unspecified atom stereocenters. The number of carbonyl (C=O) groups excluding carboxylic acids is 2. The Balaban J connectivity index is 1.40. The minimum absolute atomic E-state index is 0.0913. The normalized spacial score (nSPS) is 14.7. The highest BCUT2D eigenvalue weighted by atomic mass is 16.6. The highest BCUT2D eigenvalue weighted by Crippen LogP contribution is 2.42. The summed E-state index contributed by atoms with van der Waals surface area (Å²) in [5.74, 6) is -1.80. The van der Waals surface area contributed by atoms with Crippen LogP contribution in [0.3, 0.4) is 0 Å². The van der Waals surface area contributed by atoms with E-state index in [4.69, 9.17) is 0 Å². The molecule has 0 bridgehead atoms. The molecule has 3 N–H and O–H groups in total. The van der Waals surface area contributed by atoms with Gasteiger partial charge in [-0.15, -0.1) is 0 Å².